The van der Waals surface area contributed by atoms with E-state index in [-0.39, 0.29) is 18.3 Å². The van der Waals surface area contributed by atoms with Crippen LogP contribution in [0.3, 0.4) is 0 Å². The molecule has 2 fully saturated rings. The Morgan fingerprint density at radius 3 is 2.52 bits per heavy atom. The molecule has 5 heteroatoms. The molecular weight excluding hydrogens is 263 g/mol. The standard InChI is InChI=1S/C16H25BN2O2/c1-15(2)16(3,4)21-17(20-15)12-8-10-19-14(11-12)13-7-5-6-9-18-13/h8,10-11,13,18H,5-7,9H2,1-4H3. The average Bonchev–Trinajstić information content (AvgIpc) is 2.69. The normalized spacial score (nSPS) is 27.8. The zero-order chi connectivity index (χ0) is 15.1. The summed E-state index contributed by atoms with van der Waals surface area (Å²) in [5.74, 6) is 0. The van der Waals surface area contributed by atoms with Crippen LogP contribution < -0.4 is 10.8 Å². The van der Waals surface area contributed by atoms with Crippen LogP contribution in [0.2, 0.25) is 0 Å². The molecule has 1 N–H and O–H groups in total. The Morgan fingerprint density at radius 2 is 1.90 bits per heavy atom. The van der Waals surface area contributed by atoms with Crippen LogP contribution in [0.15, 0.2) is 18.3 Å². The molecule has 1 unspecified atom stereocenters. The van der Waals surface area contributed by atoms with Gasteiger partial charge in [0.1, 0.15) is 0 Å². The minimum absolute atomic E-state index is 0.301. The predicted octanol–water partition coefficient (Wildman–Crippen LogP) is 2.20. The monoisotopic (exact) mass is 288 g/mol. The van der Waals surface area contributed by atoms with Crippen molar-refractivity contribution in [1.82, 2.24) is 10.3 Å². The first-order valence-corrected chi connectivity index (χ1v) is 7.94. The lowest BCUT2D eigenvalue weighted by Crippen LogP contribution is -2.41. The maximum absolute atomic E-state index is 6.12. The molecule has 2 aliphatic heterocycles. The molecule has 1 aromatic heterocycles. The summed E-state index contributed by atoms with van der Waals surface area (Å²) in [4.78, 5) is 4.53. The molecule has 0 aliphatic carbocycles. The van der Waals surface area contributed by atoms with E-state index >= 15 is 0 Å². The maximum atomic E-state index is 6.12. The van der Waals surface area contributed by atoms with Gasteiger partial charge in [0.15, 0.2) is 0 Å². The van der Waals surface area contributed by atoms with Crippen molar-refractivity contribution in [3.63, 3.8) is 0 Å². The van der Waals surface area contributed by atoms with E-state index in [4.69, 9.17) is 9.31 Å². The highest BCUT2D eigenvalue weighted by atomic mass is 16.7. The molecule has 3 heterocycles. The Kier molecular flexibility index (Phi) is 3.84. The number of nitrogens with one attached hydrogen (secondary N) is 1. The van der Waals surface area contributed by atoms with Crippen molar-refractivity contribution >= 4 is 12.6 Å². The molecule has 0 bridgehead atoms. The van der Waals surface area contributed by atoms with Gasteiger partial charge >= 0.3 is 7.12 Å². The van der Waals surface area contributed by atoms with Crippen LogP contribution in [0.1, 0.15) is 58.7 Å². The van der Waals surface area contributed by atoms with Crippen molar-refractivity contribution in [1.29, 1.82) is 0 Å². The lowest BCUT2D eigenvalue weighted by atomic mass is 9.79. The van der Waals surface area contributed by atoms with Crippen LogP contribution in [-0.4, -0.2) is 29.8 Å². The molecule has 2 aliphatic rings. The van der Waals surface area contributed by atoms with Crippen LogP contribution in [0.4, 0.5) is 0 Å². The van der Waals surface area contributed by atoms with Gasteiger partial charge in [-0.3, -0.25) is 4.98 Å². The third kappa shape index (κ3) is 2.87. The highest BCUT2D eigenvalue weighted by Crippen LogP contribution is 2.36. The minimum Gasteiger partial charge on any atom is -0.399 e. The quantitative estimate of drug-likeness (QED) is 0.847. The molecule has 0 aromatic carbocycles. The van der Waals surface area contributed by atoms with E-state index in [2.05, 4.69) is 44.1 Å². The van der Waals surface area contributed by atoms with E-state index < -0.39 is 0 Å². The Bertz CT molecular complexity index is 497. The van der Waals surface area contributed by atoms with Crippen LogP contribution >= 0.6 is 0 Å². The maximum Gasteiger partial charge on any atom is 0.494 e. The molecule has 4 nitrogen and oxygen atoms in total. The van der Waals surface area contributed by atoms with E-state index in [1.54, 1.807) is 0 Å². The van der Waals surface area contributed by atoms with E-state index in [9.17, 15) is 0 Å². The van der Waals surface area contributed by atoms with Gasteiger partial charge in [0.25, 0.3) is 0 Å². The first kappa shape index (κ1) is 15.0. The van der Waals surface area contributed by atoms with E-state index in [1.807, 2.05) is 12.3 Å². The molecule has 1 atom stereocenters. The first-order valence-electron chi connectivity index (χ1n) is 7.94. The zero-order valence-corrected chi connectivity index (χ0v) is 13.5. The lowest BCUT2D eigenvalue weighted by Gasteiger charge is -2.32. The predicted molar refractivity (Wildman–Crippen MR) is 84.5 cm³/mol. The highest BCUT2D eigenvalue weighted by molar-refractivity contribution is 6.62. The molecule has 0 spiro atoms. The van der Waals surface area contributed by atoms with Gasteiger partial charge in [0.05, 0.1) is 16.9 Å². The summed E-state index contributed by atoms with van der Waals surface area (Å²) in [5.41, 5.74) is 1.56. The van der Waals surface area contributed by atoms with Gasteiger partial charge in [-0.15, -0.1) is 0 Å². The molecule has 114 valence electrons. The Morgan fingerprint density at radius 1 is 1.19 bits per heavy atom. The zero-order valence-electron chi connectivity index (χ0n) is 13.5. The first-order chi connectivity index (χ1) is 9.89. The van der Waals surface area contributed by atoms with Crippen LogP contribution in [0.25, 0.3) is 0 Å². The van der Waals surface area contributed by atoms with Crippen molar-refractivity contribution in [2.24, 2.45) is 0 Å². The number of rotatable bonds is 2. The van der Waals surface area contributed by atoms with E-state index in [0.29, 0.717) is 6.04 Å². The van der Waals surface area contributed by atoms with Gasteiger partial charge in [0.2, 0.25) is 0 Å². The lowest BCUT2D eigenvalue weighted by molar-refractivity contribution is 0.00578. The fourth-order valence-corrected chi connectivity index (χ4v) is 2.89. The molecule has 0 saturated carbocycles. The topological polar surface area (TPSA) is 43.4 Å². The number of hydrogen-bond donors (Lipinski definition) is 1. The van der Waals surface area contributed by atoms with Crippen LogP contribution in [0, 0.1) is 0 Å². The number of aromatic nitrogens is 1. The third-order valence-corrected chi connectivity index (χ3v) is 5.00. The highest BCUT2D eigenvalue weighted by Gasteiger charge is 2.51. The summed E-state index contributed by atoms with van der Waals surface area (Å²) >= 11 is 0. The van der Waals surface area contributed by atoms with E-state index in [0.717, 1.165) is 24.1 Å². The second-order valence-corrected chi connectivity index (χ2v) is 7.10. The molecule has 2 saturated heterocycles. The fraction of sp³-hybridized carbons (Fsp3) is 0.688. The van der Waals surface area contributed by atoms with E-state index in [1.165, 1.54) is 12.8 Å². The van der Waals surface area contributed by atoms with Crippen molar-refractivity contribution < 1.29 is 9.31 Å². The van der Waals surface area contributed by atoms with Gasteiger partial charge in [-0.05, 0) is 64.7 Å². The van der Waals surface area contributed by atoms with Crippen molar-refractivity contribution in [2.75, 3.05) is 6.54 Å². The van der Waals surface area contributed by atoms with Gasteiger partial charge in [0, 0.05) is 12.2 Å². The minimum atomic E-state index is -0.305. The van der Waals surface area contributed by atoms with Crippen LogP contribution in [-0.2, 0) is 9.31 Å². The molecule has 21 heavy (non-hydrogen) atoms. The Balaban J connectivity index is 1.81. The molecule has 3 rings (SSSR count). The third-order valence-electron chi connectivity index (χ3n) is 5.00. The van der Waals surface area contributed by atoms with Crippen LogP contribution in [0.5, 0.6) is 0 Å². The summed E-state index contributed by atoms with van der Waals surface area (Å²) in [5, 5.41) is 3.54. The largest absolute Gasteiger partial charge is 0.494 e. The number of nitrogens with zero attached hydrogens (tertiary/aromatic N) is 1. The van der Waals surface area contributed by atoms with Gasteiger partial charge in [-0.2, -0.15) is 0 Å². The van der Waals surface area contributed by atoms with Crippen molar-refractivity contribution in [2.45, 2.75) is 64.2 Å². The second kappa shape index (κ2) is 5.38. The van der Waals surface area contributed by atoms with Gasteiger partial charge in [-0.1, -0.05) is 6.42 Å². The Labute approximate surface area is 127 Å². The Hall–Kier alpha value is -0.905. The summed E-state index contributed by atoms with van der Waals surface area (Å²) in [7, 11) is -0.305. The number of pyridine rings is 1. The average molecular weight is 288 g/mol. The van der Waals surface area contributed by atoms with Gasteiger partial charge in [-0.25, -0.2) is 0 Å². The van der Waals surface area contributed by atoms with Gasteiger partial charge < -0.3 is 14.6 Å². The fourth-order valence-electron chi connectivity index (χ4n) is 2.89. The van der Waals surface area contributed by atoms with Crippen molar-refractivity contribution in [3.8, 4) is 0 Å². The summed E-state index contributed by atoms with van der Waals surface area (Å²) in [6, 6.07) is 4.49. The summed E-state index contributed by atoms with van der Waals surface area (Å²) in [6.07, 6.45) is 5.54. The molecule has 0 radical (unpaired) electrons. The smallest absolute Gasteiger partial charge is 0.399 e. The molecule has 0 amide bonds. The second-order valence-electron chi connectivity index (χ2n) is 7.10. The summed E-state index contributed by atoms with van der Waals surface area (Å²) < 4.78 is 12.2. The number of piperidine rings is 1. The molecular formula is C16H25BN2O2. The molecule has 1 aromatic rings. The number of hydrogen-bond acceptors (Lipinski definition) is 4. The SMILES string of the molecule is CC1(C)OB(c2ccnc(C3CCCCN3)c2)OC1(C)C. The summed E-state index contributed by atoms with van der Waals surface area (Å²) in [6.45, 7) is 9.40. The van der Waals surface area contributed by atoms with Crippen molar-refractivity contribution in [3.05, 3.63) is 24.0 Å².